The van der Waals surface area contributed by atoms with Gasteiger partial charge in [0.1, 0.15) is 18.4 Å². The topological polar surface area (TPSA) is 142 Å². The number of aromatic nitrogens is 4. The normalized spacial score (nSPS) is 24.0. The number of nitrogens with zero attached hydrogens (tertiary/aromatic N) is 5. The van der Waals surface area contributed by atoms with Crippen molar-refractivity contribution in [1.29, 1.82) is 0 Å². The fourth-order valence-electron chi connectivity index (χ4n) is 2.68. The molecular formula is C9H8N6O5S2. The van der Waals surface area contributed by atoms with Crippen molar-refractivity contribution in [3.63, 3.8) is 0 Å². The Morgan fingerprint density at radius 1 is 1.45 bits per heavy atom. The van der Waals surface area contributed by atoms with E-state index in [0.717, 1.165) is 0 Å². The lowest BCUT2D eigenvalue weighted by molar-refractivity contribution is -0.0308. The van der Waals surface area contributed by atoms with E-state index in [1.54, 1.807) is 5.51 Å². The second-order valence-electron chi connectivity index (χ2n) is 4.65. The van der Waals surface area contributed by atoms with Gasteiger partial charge in [0.25, 0.3) is 0 Å². The van der Waals surface area contributed by atoms with Crippen molar-refractivity contribution in [3.05, 3.63) is 28.2 Å². The molecule has 0 saturated carbocycles. The molecule has 2 aromatic heterocycles. The van der Waals surface area contributed by atoms with Crippen LogP contribution in [0.2, 0.25) is 0 Å². The van der Waals surface area contributed by atoms with Crippen LogP contribution in [0.3, 0.4) is 0 Å². The maximum atomic E-state index is 12.4. The maximum absolute atomic E-state index is 12.4. The number of hydrogen-bond donors (Lipinski definition) is 2. The van der Waals surface area contributed by atoms with Crippen molar-refractivity contribution >= 4 is 27.8 Å². The number of thiazole rings is 1. The van der Waals surface area contributed by atoms with E-state index in [1.807, 2.05) is 0 Å². The Balaban J connectivity index is 1.82. The highest BCUT2D eigenvalue weighted by atomic mass is 32.3. The SMILES string of the molecule is O=C1N(OS(=O)(=O)O)C2CN1[C@H](c1ncn[nH]1)c1ncsc12. The quantitative estimate of drug-likeness (QED) is 0.734. The molecule has 4 heterocycles. The second kappa shape index (κ2) is 4.45. The average molecular weight is 344 g/mol. The minimum Gasteiger partial charge on any atom is -0.304 e. The molecule has 1 unspecified atom stereocenters. The number of rotatable bonds is 3. The van der Waals surface area contributed by atoms with E-state index in [0.29, 0.717) is 21.5 Å². The first-order valence-corrected chi connectivity index (χ1v) is 8.25. The van der Waals surface area contributed by atoms with Crippen molar-refractivity contribution in [3.8, 4) is 0 Å². The van der Waals surface area contributed by atoms with Crippen molar-refractivity contribution in [2.75, 3.05) is 6.54 Å². The Hall–Kier alpha value is -2.09. The molecule has 13 heteroatoms. The Labute approximate surface area is 127 Å². The number of H-pyrrole nitrogens is 1. The molecule has 2 atom stereocenters. The number of carbonyl (C=O) groups excluding carboxylic acids is 1. The number of aromatic amines is 1. The second-order valence-corrected chi connectivity index (χ2v) is 6.54. The lowest BCUT2D eigenvalue weighted by Gasteiger charge is -2.27. The molecule has 1 fully saturated rings. The van der Waals surface area contributed by atoms with Gasteiger partial charge in [-0.15, -0.1) is 15.6 Å². The van der Waals surface area contributed by atoms with Gasteiger partial charge in [-0.1, -0.05) is 0 Å². The largest absolute Gasteiger partial charge is 0.418 e. The van der Waals surface area contributed by atoms with Crippen molar-refractivity contribution < 1.29 is 22.0 Å². The Bertz CT molecular complexity index is 833. The summed E-state index contributed by atoms with van der Waals surface area (Å²) in [6.45, 7) is 0.189. The fourth-order valence-corrected chi connectivity index (χ4v) is 3.94. The van der Waals surface area contributed by atoms with E-state index in [2.05, 4.69) is 24.4 Å². The molecule has 0 aliphatic carbocycles. The van der Waals surface area contributed by atoms with Gasteiger partial charge < -0.3 is 4.90 Å². The number of hydroxylamine groups is 2. The lowest BCUT2D eigenvalue weighted by Crippen LogP contribution is -2.36. The molecule has 0 aromatic carbocycles. The Morgan fingerprint density at radius 3 is 2.95 bits per heavy atom. The predicted molar refractivity (Wildman–Crippen MR) is 69.7 cm³/mol. The van der Waals surface area contributed by atoms with Gasteiger partial charge in [-0.05, 0) is 0 Å². The summed E-state index contributed by atoms with van der Waals surface area (Å²) < 4.78 is 35.2. The van der Waals surface area contributed by atoms with Crippen LogP contribution in [0.15, 0.2) is 11.8 Å². The molecule has 116 valence electrons. The smallest absolute Gasteiger partial charge is 0.304 e. The molecule has 22 heavy (non-hydrogen) atoms. The number of urea groups is 1. The number of nitrogens with one attached hydrogen (secondary N) is 1. The number of carbonyl (C=O) groups is 1. The zero-order chi connectivity index (χ0) is 15.5. The van der Waals surface area contributed by atoms with Gasteiger partial charge in [0.05, 0.1) is 22.6 Å². The number of hydrogen-bond acceptors (Lipinski definition) is 8. The van der Waals surface area contributed by atoms with Crippen molar-refractivity contribution in [1.82, 2.24) is 30.1 Å². The first-order valence-electron chi connectivity index (χ1n) is 6.01. The van der Waals surface area contributed by atoms with Gasteiger partial charge in [-0.2, -0.15) is 18.6 Å². The van der Waals surface area contributed by atoms with Crippen molar-refractivity contribution in [2.45, 2.75) is 12.1 Å². The van der Waals surface area contributed by atoms with Crippen LogP contribution in [0.5, 0.6) is 0 Å². The zero-order valence-electron chi connectivity index (χ0n) is 10.6. The molecule has 2 aliphatic rings. The van der Waals surface area contributed by atoms with Gasteiger partial charge in [0.15, 0.2) is 5.82 Å². The maximum Gasteiger partial charge on any atom is 0.418 e. The molecular weight excluding hydrogens is 336 g/mol. The molecule has 2 bridgehead atoms. The van der Waals surface area contributed by atoms with Crippen LogP contribution >= 0.6 is 11.3 Å². The van der Waals surface area contributed by atoms with E-state index in [-0.39, 0.29) is 6.54 Å². The zero-order valence-corrected chi connectivity index (χ0v) is 12.3. The summed E-state index contributed by atoms with van der Waals surface area (Å²) in [6, 6.07) is -1.96. The Morgan fingerprint density at radius 2 is 2.27 bits per heavy atom. The summed E-state index contributed by atoms with van der Waals surface area (Å²) in [7, 11) is -4.81. The highest BCUT2D eigenvalue weighted by molar-refractivity contribution is 7.80. The van der Waals surface area contributed by atoms with Gasteiger partial charge in [0, 0.05) is 0 Å². The minimum atomic E-state index is -4.81. The van der Waals surface area contributed by atoms with Crippen LogP contribution in [-0.2, 0) is 14.7 Å². The van der Waals surface area contributed by atoms with E-state index >= 15 is 0 Å². The molecule has 0 spiro atoms. The number of fused-ring (bicyclic) bond motifs is 4. The first kappa shape index (κ1) is 13.6. The van der Waals surface area contributed by atoms with Crippen molar-refractivity contribution in [2.24, 2.45) is 0 Å². The molecule has 0 radical (unpaired) electrons. The molecule has 2 aromatic rings. The predicted octanol–water partition coefficient (Wildman–Crippen LogP) is -0.123. The first-order chi connectivity index (χ1) is 10.5. The number of amides is 2. The van der Waals surface area contributed by atoms with Crippen LogP contribution in [0.4, 0.5) is 4.79 Å². The summed E-state index contributed by atoms with van der Waals surface area (Å²) in [4.78, 5) is 22.7. The standard InChI is InChI=1S/C9H8N6O5S2/c16-9-14-1-4(15(9)20-22(17,18)19)7-5(11-3-21-7)6(14)8-10-2-12-13-8/h2-4,6H,1H2,(H,10,12,13)(H,17,18,19)/t4?,6-/m0/s1. The third kappa shape index (κ3) is 1.90. The molecule has 11 nitrogen and oxygen atoms in total. The summed E-state index contributed by atoms with van der Waals surface area (Å²) in [5.74, 6) is 0.410. The lowest BCUT2D eigenvalue weighted by atomic mass is 10.0. The van der Waals surface area contributed by atoms with E-state index < -0.39 is 28.5 Å². The van der Waals surface area contributed by atoms with Gasteiger partial charge in [0.2, 0.25) is 0 Å². The molecule has 1 saturated heterocycles. The monoisotopic (exact) mass is 344 g/mol. The van der Waals surface area contributed by atoms with Crippen LogP contribution < -0.4 is 0 Å². The van der Waals surface area contributed by atoms with E-state index in [4.69, 9.17) is 4.55 Å². The van der Waals surface area contributed by atoms with Crippen LogP contribution in [0.1, 0.15) is 28.5 Å². The van der Waals surface area contributed by atoms with E-state index in [9.17, 15) is 13.2 Å². The Kier molecular flexibility index (Phi) is 2.75. The van der Waals surface area contributed by atoms with Crippen LogP contribution in [0, 0.1) is 0 Å². The fraction of sp³-hybridized carbons (Fsp3) is 0.333. The minimum absolute atomic E-state index is 0.189. The van der Waals surface area contributed by atoms with Gasteiger partial charge in [-0.25, -0.2) is 14.8 Å². The molecule has 2 N–H and O–H groups in total. The highest BCUT2D eigenvalue weighted by Gasteiger charge is 2.52. The molecule has 4 rings (SSSR count). The molecule has 2 amide bonds. The van der Waals surface area contributed by atoms with Crippen LogP contribution in [0.25, 0.3) is 0 Å². The van der Waals surface area contributed by atoms with E-state index in [1.165, 1.54) is 22.6 Å². The summed E-state index contributed by atoms with van der Waals surface area (Å²) in [6.07, 6.45) is 1.31. The third-order valence-electron chi connectivity index (χ3n) is 3.45. The summed E-state index contributed by atoms with van der Waals surface area (Å²) in [5.41, 5.74) is 2.17. The third-order valence-corrected chi connectivity index (χ3v) is 4.75. The van der Waals surface area contributed by atoms with Gasteiger partial charge >= 0.3 is 16.4 Å². The van der Waals surface area contributed by atoms with Crippen LogP contribution in [-0.4, -0.2) is 55.7 Å². The highest BCUT2D eigenvalue weighted by Crippen LogP contribution is 2.46. The average Bonchev–Trinajstić information content (AvgIpc) is 3.15. The summed E-state index contributed by atoms with van der Waals surface area (Å²) >= 11 is 1.27. The summed E-state index contributed by atoms with van der Waals surface area (Å²) in [5, 5.41) is 7.09. The molecule has 2 aliphatic heterocycles. The van der Waals surface area contributed by atoms with Gasteiger partial charge in [-0.3, -0.25) is 9.65 Å².